The van der Waals surface area contributed by atoms with E-state index >= 15 is 0 Å². The van der Waals surface area contributed by atoms with E-state index in [0.29, 0.717) is 18.2 Å². The minimum atomic E-state index is -0.939. The van der Waals surface area contributed by atoms with E-state index in [1.54, 1.807) is 6.20 Å². The van der Waals surface area contributed by atoms with Crippen LogP contribution < -0.4 is 10.6 Å². The van der Waals surface area contributed by atoms with Crippen LogP contribution in [0.4, 0.5) is 17.1 Å². The summed E-state index contributed by atoms with van der Waals surface area (Å²) in [7, 11) is 0. The molecule has 1 aliphatic rings. The summed E-state index contributed by atoms with van der Waals surface area (Å²) in [5.74, 6) is -0.584. The van der Waals surface area contributed by atoms with Gasteiger partial charge in [-0.2, -0.15) is 0 Å². The number of carboxylic acids is 1. The molecule has 3 N–H and O–H groups in total. The fourth-order valence-electron chi connectivity index (χ4n) is 3.96. The highest BCUT2D eigenvalue weighted by Crippen LogP contribution is 2.34. The summed E-state index contributed by atoms with van der Waals surface area (Å²) < 4.78 is 0. The van der Waals surface area contributed by atoms with E-state index in [1.807, 2.05) is 0 Å². The van der Waals surface area contributed by atoms with E-state index in [-0.39, 0.29) is 5.56 Å². The van der Waals surface area contributed by atoms with Crippen LogP contribution in [0.1, 0.15) is 45.8 Å². The van der Waals surface area contributed by atoms with Gasteiger partial charge in [0.1, 0.15) is 0 Å². The average Bonchev–Trinajstić information content (AvgIpc) is 2.74. The van der Waals surface area contributed by atoms with Crippen LogP contribution in [0.2, 0.25) is 0 Å². The number of anilines is 3. The molecule has 0 bridgehead atoms. The normalized spacial score (nSPS) is 15.4. The Morgan fingerprint density at radius 3 is 2.72 bits per heavy atom. The molecule has 0 saturated carbocycles. The number of aryl methyl sites for hydroxylation is 2. The number of nitrogens with one attached hydrogen (secondary N) is 2. The number of aromatic carboxylic acids is 1. The first kappa shape index (κ1) is 19.0. The van der Waals surface area contributed by atoms with Crippen LogP contribution in [-0.2, 0) is 6.42 Å². The topological polar surface area (TPSA) is 74.2 Å². The van der Waals surface area contributed by atoms with Crippen molar-refractivity contribution >= 4 is 23.0 Å². The molecular weight excluding hydrogens is 362 g/mol. The first-order valence-corrected chi connectivity index (χ1v) is 9.98. The number of hydrogen-bond acceptors (Lipinski definition) is 4. The maximum atomic E-state index is 11.4. The second-order valence-corrected chi connectivity index (χ2v) is 7.60. The van der Waals surface area contributed by atoms with Crippen molar-refractivity contribution in [1.29, 1.82) is 0 Å². The number of rotatable bonds is 6. The summed E-state index contributed by atoms with van der Waals surface area (Å²) in [6, 6.07) is 16.5. The smallest absolute Gasteiger partial charge is 0.337 e. The number of hydrogen-bond donors (Lipinski definition) is 3. The lowest BCUT2D eigenvalue weighted by atomic mass is 9.82. The SMILES string of the molecule is Cc1ccc(Nc2ccc3c(c2)CCC[C@H]3CNc2cnccc2C(=O)O)cc1. The first-order chi connectivity index (χ1) is 14.1. The number of carbonyl (C=O) groups is 1. The Balaban J connectivity index is 1.48. The maximum absolute atomic E-state index is 11.4. The predicted molar refractivity (Wildman–Crippen MR) is 116 cm³/mol. The van der Waals surface area contributed by atoms with Gasteiger partial charge in [0.05, 0.1) is 17.4 Å². The number of nitrogens with zero attached hydrogens (tertiary/aromatic N) is 1. The highest BCUT2D eigenvalue weighted by atomic mass is 16.4. The molecule has 4 rings (SSSR count). The fourth-order valence-corrected chi connectivity index (χ4v) is 3.96. The molecule has 29 heavy (non-hydrogen) atoms. The molecule has 0 saturated heterocycles. The largest absolute Gasteiger partial charge is 0.478 e. The molecule has 3 aromatic rings. The lowest BCUT2D eigenvalue weighted by Gasteiger charge is -2.27. The second-order valence-electron chi connectivity index (χ2n) is 7.60. The maximum Gasteiger partial charge on any atom is 0.337 e. The van der Waals surface area contributed by atoms with Crippen LogP contribution in [0.3, 0.4) is 0 Å². The molecule has 5 heteroatoms. The third-order valence-electron chi connectivity index (χ3n) is 5.51. The van der Waals surface area contributed by atoms with Crippen molar-refractivity contribution in [3.63, 3.8) is 0 Å². The summed E-state index contributed by atoms with van der Waals surface area (Å²) in [6.45, 7) is 2.78. The summed E-state index contributed by atoms with van der Waals surface area (Å²) >= 11 is 0. The van der Waals surface area contributed by atoms with Crippen LogP contribution in [-0.4, -0.2) is 22.6 Å². The minimum absolute atomic E-state index is 0.258. The highest BCUT2D eigenvalue weighted by Gasteiger charge is 2.21. The molecule has 148 valence electrons. The summed E-state index contributed by atoms with van der Waals surface area (Å²) in [5, 5.41) is 16.1. The Hall–Kier alpha value is -3.34. The Kier molecular flexibility index (Phi) is 5.47. The summed E-state index contributed by atoms with van der Waals surface area (Å²) in [5.41, 5.74) is 6.97. The van der Waals surface area contributed by atoms with Gasteiger partial charge in [0.25, 0.3) is 0 Å². The molecule has 0 radical (unpaired) electrons. The predicted octanol–water partition coefficient (Wildman–Crippen LogP) is 5.36. The Bertz CT molecular complexity index is 1010. The standard InChI is InChI=1S/C24H25N3O2/c1-16-5-7-19(8-6-16)27-20-9-10-21-17(13-20)3-2-4-18(21)14-26-23-15-25-12-11-22(23)24(28)29/h5-13,15,18,26-27H,2-4,14H2,1H3,(H,28,29)/t18-/m0/s1. The number of aromatic nitrogens is 1. The number of benzene rings is 2. The van der Waals surface area contributed by atoms with Crippen LogP contribution in [0.25, 0.3) is 0 Å². The molecule has 1 aliphatic carbocycles. The van der Waals surface area contributed by atoms with E-state index in [1.165, 1.54) is 29.0 Å². The van der Waals surface area contributed by atoms with Gasteiger partial charge in [-0.15, -0.1) is 0 Å². The van der Waals surface area contributed by atoms with Gasteiger partial charge in [-0.25, -0.2) is 4.79 Å². The molecule has 0 fully saturated rings. The zero-order valence-electron chi connectivity index (χ0n) is 16.5. The molecule has 1 atom stereocenters. The minimum Gasteiger partial charge on any atom is -0.478 e. The van der Waals surface area contributed by atoms with E-state index in [0.717, 1.165) is 30.6 Å². The van der Waals surface area contributed by atoms with Gasteiger partial charge < -0.3 is 15.7 Å². The van der Waals surface area contributed by atoms with Gasteiger partial charge in [0, 0.05) is 30.0 Å². The number of carboxylic acid groups (broad SMARTS) is 1. The van der Waals surface area contributed by atoms with Gasteiger partial charge in [0.15, 0.2) is 0 Å². The molecule has 0 unspecified atom stereocenters. The Morgan fingerprint density at radius 1 is 1.14 bits per heavy atom. The van der Waals surface area contributed by atoms with Crippen LogP contribution in [0.15, 0.2) is 60.9 Å². The second kappa shape index (κ2) is 8.35. The van der Waals surface area contributed by atoms with Crippen LogP contribution >= 0.6 is 0 Å². The van der Waals surface area contributed by atoms with E-state index in [9.17, 15) is 9.90 Å². The number of pyridine rings is 1. The van der Waals surface area contributed by atoms with Crippen molar-refractivity contribution in [2.75, 3.05) is 17.2 Å². The average molecular weight is 387 g/mol. The zero-order valence-corrected chi connectivity index (χ0v) is 16.5. The third-order valence-corrected chi connectivity index (χ3v) is 5.51. The molecule has 0 aliphatic heterocycles. The molecule has 1 aromatic heterocycles. The van der Waals surface area contributed by atoms with Crippen molar-refractivity contribution in [3.8, 4) is 0 Å². The Morgan fingerprint density at radius 2 is 1.93 bits per heavy atom. The molecule has 2 aromatic carbocycles. The van der Waals surface area contributed by atoms with E-state index in [2.05, 4.69) is 65.0 Å². The lowest BCUT2D eigenvalue weighted by Crippen LogP contribution is -2.19. The van der Waals surface area contributed by atoms with Gasteiger partial charge >= 0.3 is 5.97 Å². The first-order valence-electron chi connectivity index (χ1n) is 9.98. The van der Waals surface area contributed by atoms with Gasteiger partial charge in [0.2, 0.25) is 0 Å². The molecule has 0 spiro atoms. The summed E-state index contributed by atoms with van der Waals surface area (Å²) in [6.07, 6.45) is 6.39. The van der Waals surface area contributed by atoms with Gasteiger partial charge in [-0.3, -0.25) is 4.98 Å². The van der Waals surface area contributed by atoms with Gasteiger partial charge in [-0.05, 0) is 67.6 Å². The van der Waals surface area contributed by atoms with E-state index in [4.69, 9.17) is 0 Å². The third kappa shape index (κ3) is 4.40. The number of fused-ring (bicyclic) bond motifs is 1. The van der Waals surface area contributed by atoms with Gasteiger partial charge in [-0.1, -0.05) is 23.8 Å². The van der Waals surface area contributed by atoms with Crippen molar-refractivity contribution in [2.24, 2.45) is 0 Å². The van der Waals surface area contributed by atoms with E-state index < -0.39 is 5.97 Å². The van der Waals surface area contributed by atoms with Crippen molar-refractivity contribution < 1.29 is 9.90 Å². The van der Waals surface area contributed by atoms with Crippen molar-refractivity contribution in [1.82, 2.24) is 4.98 Å². The zero-order chi connectivity index (χ0) is 20.2. The van der Waals surface area contributed by atoms with Crippen molar-refractivity contribution in [3.05, 3.63) is 83.2 Å². The quantitative estimate of drug-likeness (QED) is 0.531. The molecule has 1 heterocycles. The fraction of sp³-hybridized carbons (Fsp3) is 0.250. The Labute approximate surface area is 170 Å². The highest BCUT2D eigenvalue weighted by molar-refractivity contribution is 5.93. The summed E-state index contributed by atoms with van der Waals surface area (Å²) in [4.78, 5) is 15.5. The van der Waals surface area contributed by atoms with Crippen LogP contribution in [0.5, 0.6) is 0 Å². The van der Waals surface area contributed by atoms with Crippen molar-refractivity contribution in [2.45, 2.75) is 32.1 Å². The monoisotopic (exact) mass is 387 g/mol. The molecular formula is C24H25N3O2. The van der Waals surface area contributed by atoms with Crippen LogP contribution in [0, 0.1) is 6.92 Å². The molecule has 0 amide bonds. The molecule has 5 nitrogen and oxygen atoms in total. The lowest BCUT2D eigenvalue weighted by molar-refractivity contribution is 0.0698.